The van der Waals surface area contributed by atoms with Gasteiger partial charge in [0, 0.05) is 5.56 Å². The summed E-state index contributed by atoms with van der Waals surface area (Å²) in [6, 6.07) is 7.04. The van der Waals surface area contributed by atoms with E-state index in [2.05, 4.69) is 4.74 Å². The molecule has 0 amide bonds. The van der Waals surface area contributed by atoms with E-state index < -0.39 is 12.3 Å². The molecule has 15 heavy (non-hydrogen) atoms. The fourth-order valence-electron chi connectivity index (χ4n) is 1.54. The first-order valence-corrected chi connectivity index (χ1v) is 4.39. The van der Waals surface area contributed by atoms with E-state index in [4.69, 9.17) is 5.11 Å². The molecule has 4 nitrogen and oxygen atoms in total. The van der Waals surface area contributed by atoms with Crippen molar-refractivity contribution in [3.05, 3.63) is 41.5 Å². The lowest BCUT2D eigenvalue weighted by Gasteiger charge is -2.18. The van der Waals surface area contributed by atoms with E-state index in [-0.39, 0.29) is 5.78 Å². The second kappa shape index (κ2) is 3.57. The number of hydrogen-bond acceptors (Lipinski definition) is 3. The van der Waals surface area contributed by atoms with Crippen molar-refractivity contribution in [2.75, 3.05) is 0 Å². The van der Waals surface area contributed by atoms with Crippen LogP contribution >= 0.6 is 0 Å². The van der Waals surface area contributed by atoms with Gasteiger partial charge in [0.1, 0.15) is 0 Å². The Kier molecular flexibility index (Phi) is 2.25. The quantitative estimate of drug-likeness (QED) is 0.711. The highest BCUT2D eigenvalue weighted by molar-refractivity contribution is 6.01. The zero-order valence-electron chi connectivity index (χ0n) is 7.71. The number of ether oxygens (including phenoxy) is 1. The number of rotatable bonds is 1. The van der Waals surface area contributed by atoms with E-state index in [0.717, 1.165) is 5.56 Å². The minimum absolute atomic E-state index is 0.351. The van der Waals surface area contributed by atoms with E-state index in [1.54, 1.807) is 24.3 Å². The highest BCUT2D eigenvalue weighted by Crippen LogP contribution is 2.28. The fourth-order valence-corrected chi connectivity index (χ4v) is 1.54. The normalized spacial score (nSPS) is 18.4. The van der Waals surface area contributed by atoms with Gasteiger partial charge in [0.25, 0.3) is 0 Å². The minimum atomic E-state index is -1.45. The summed E-state index contributed by atoms with van der Waals surface area (Å²) in [6.45, 7) is 0. The number of carbonyl (C=O) groups is 2. The minimum Gasteiger partial charge on any atom is -0.450 e. The Labute approximate surface area is 85.8 Å². The van der Waals surface area contributed by atoms with E-state index >= 15 is 0 Å². The molecule has 1 N–H and O–H groups in total. The molecule has 0 fully saturated rings. The number of carboxylic acid groups (broad SMARTS) is 1. The van der Waals surface area contributed by atoms with Crippen LogP contribution in [0, 0.1) is 0 Å². The van der Waals surface area contributed by atoms with Crippen LogP contribution in [0.3, 0.4) is 0 Å². The molecule has 0 spiro atoms. The SMILES string of the molecule is O=C(O)OC1C(=O)C=Cc2ccccc21. The summed E-state index contributed by atoms with van der Waals surface area (Å²) in [7, 11) is 0. The van der Waals surface area contributed by atoms with Crippen LogP contribution < -0.4 is 0 Å². The van der Waals surface area contributed by atoms with Crippen LogP contribution in [-0.2, 0) is 9.53 Å². The molecule has 1 atom stereocenters. The van der Waals surface area contributed by atoms with Crippen LogP contribution in [-0.4, -0.2) is 17.0 Å². The molecule has 0 saturated carbocycles. The van der Waals surface area contributed by atoms with Crippen LogP contribution in [0.2, 0.25) is 0 Å². The molecule has 0 aromatic heterocycles. The predicted molar refractivity (Wildman–Crippen MR) is 52.3 cm³/mol. The van der Waals surface area contributed by atoms with Gasteiger partial charge in [0.05, 0.1) is 0 Å². The number of hydrogen-bond donors (Lipinski definition) is 1. The lowest BCUT2D eigenvalue weighted by Crippen LogP contribution is -2.20. The highest BCUT2D eigenvalue weighted by atomic mass is 16.7. The van der Waals surface area contributed by atoms with Crippen molar-refractivity contribution in [1.82, 2.24) is 0 Å². The smallest absolute Gasteiger partial charge is 0.450 e. The summed E-state index contributed by atoms with van der Waals surface area (Å²) in [6.07, 6.45) is 0.511. The van der Waals surface area contributed by atoms with Crippen LogP contribution in [0.5, 0.6) is 0 Å². The highest BCUT2D eigenvalue weighted by Gasteiger charge is 2.27. The third-order valence-electron chi connectivity index (χ3n) is 2.18. The molecule has 1 aliphatic rings. The first-order chi connectivity index (χ1) is 7.18. The summed E-state index contributed by atoms with van der Waals surface area (Å²) in [4.78, 5) is 21.8. The lowest BCUT2D eigenvalue weighted by molar-refractivity contribution is -0.123. The molecule has 0 radical (unpaired) electrons. The third kappa shape index (κ3) is 1.74. The zero-order chi connectivity index (χ0) is 10.8. The molecule has 0 saturated heterocycles. The van der Waals surface area contributed by atoms with Crippen LogP contribution in [0.1, 0.15) is 17.2 Å². The molecule has 1 aromatic rings. The van der Waals surface area contributed by atoms with Gasteiger partial charge in [-0.1, -0.05) is 30.3 Å². The van der Waals surface area contributed by atoms with Gasteiger partial charge in [0.15, 0.2) is 6.10 Å². The second-order valence-electron chi connectivity index (χ2n) is 3.13. The van der Waals surface area contributed by atoms with Crippen molar-refractivity contribution in [2.24, 2.45) is 0 Å². The van der Waals surface area contributed by atoms with Gasteiger partial charge >= 0.3 is 6.16 Å². The Morgan fingerprint density at radius 2 is 2.00 bits per heavy atom. The van der Waals surface area contributed by atoms with E-state index in [1.807, 2.05) is 6.07 Å². The van der Waals surface area contributed by atoms with Gasteiger partial charge in [-0.3, -0.25) is 4.79 Å². The van der Waals surface area contributed by atoms with Crippen molar-refractivity contribution in [2.45, 2.75) is 6.10 Å². The van der Waals surface area contributed by atoms with E-state index in [9.17, 15) is 9.59 Å². The maximum atomic E-state index is 11.4. The van der Waals surface area contributed by atoms with Gasteiger partial charge in [-0.25, -0.2) is 4.79 Å². The third-order valence-corrected chi connectivity index (χ3v) is 2.18. The lowest BCUT2D eigenvalue weighted by atomic mass is 9.94. The van der Waals surface area contributed by atoms with Gasteiger partial charge < -0.3 is 9.84 Å². The first-order valence-electron chi connectivity index (χ1n) is 4.39. The van der Waals surface area contributed by atoms with Gasteiger partial charge in [0.2, 0.25) is 5.78 Å². The summed E-state index contributed by atoms with van der Waals surface area (Å²) in [5.74, 6) is -0.351. The monoisotopic (exact) mass is 204 g/mol. The fraction of sp³-hybridized carbons (Fsp3) is 0.0909. The van der Waals surface area contributed by atoms with E-state index in [0.29, 0.717) is 5.56 Å². The van der Waals surface area contributed by atoms with E-state index in [1.165, 1.54) is 6.08 Å². The number of benzene rings is 1. The molecule has 0 bridgehead atoms. The van der Waals surface area contributed by atoms with Crippen molar-refractivity contribution < 1.29 is 19.4 Å². The Morgan fingerprint density at radius 3 is 2.73 bits per heavy atom. The number of ketones is 1. The molecule has 2 rings (SSSR count). The molecule has 0 aliphatic heterocycles. The number of carbonyl (C=O) groups excluding carboxylic acids is 1. The molecule has 76 valence electrons. The van der Waals surface area contributed by atoms with Crippen LogP contribution in [0.4, 0.5) is 4.79 Å². The van der Waals surface area contributed by atoms with Crippen LogP contribution in [0.15, 0.2) is 30.3 Å². The Morgan fingerprint density at radius 1 is 1.27 bits per heavy atom. The summed E-state index contributed by atoms with van der Waals surface area (Å²) >= 11 is 0. The molecule has 4 heteroatoms. The standard InChI is InChI=1S/C11H8O4/c12-9-6-5-7-3-1-2-4-8(7)10(9)15-11(13)14/h1-6,10H,(H,13,14). The zero-order valence-corrected chi connectivity index (χ0v) is 7.71. The second-order valence-corrected chi connectivity index (χ2v) is 3.13. The van der Waals surface area contributed by atoms with Crippen molar-refractivity contribution in [1.29, 1.82) is 0 Å². The van der Waals surface area contributed by atoms with Crippen molar-refractivity contribution in [3.63, 3.8) is 0 Å². The van der Waals surface area contributed by atoms with Crippen molar-refractivity contribution in [3.8, 4) is 0 Å². The maximum Gasteiger partial charge on any atom is 0.506 e. The summed E-state index contributed by atoms with van der Waals surface area (Å²) in [5.41, 5.74) is 1.40. The van der Waals surface area contributed by atoms with Crippen molar-refractivity contribution >= 4 is 18.0 Å². The molecule has 1 aliphatic carbocycles. The maximum absolute atomic E-state index is 11.4. The Balaban J connectivity index is 2.42. The molecule has 0 heterocycles. The Hall–Kier alpha value is -2.10. The van der Waals surface area contributed by atoms with Crippen LogP contribution in [0.25, 0.3) is 6.08 Å². The first kappa shape index (κ1) is 9.45. The largest absolute Gasteiger partial charge is 0.506 e. The molecular weight excluding hydrogens is 196 g/mol. The summed E-state index contributed by atoms with van der Waals surface area (Å²) in [5, 5.41) is 8.51. The molecule has 1 unspecified atom stereocenters. The van der Waals surface area contributed by atoms with Gasteiger partial charge in [-0.05, 0) is 11.6 Å². The summed E-state index contributed by atoms with van der Waals surface area (Å²) < 4.78 is 4.55. The van der Waals surface area contributed by atoms with Gasteiger partial charge in [-0.15, -0.1) is 0 Å². The average Bonchev–Trinajstić information content (AvgIpc) is 2.22. The number of fused-ring (bicyclic) bond motifs is 1. The average molecular weight is 204 g/mol. The molecular formula is C11H8O4. The molecule has 1 aromatic carbocycles. The predicted octanol–water partition coefficient (Wildman–Crippen LogP) is 2.02. The Bertz CT molecular complexity index is 448. The topological polar surface area (TPSA) is 63.6 Å². The van der Waals surface area contributed by atoms with Gasteiger partial charge in [-0.2, -0.15) is 0 Å².